The molecule has 0 fully saturated rings. The van der Waals surface area contributed by atoms with Crippen LogP contribution in [-0.4, -0.2) is 12.0 Å². The summed E-state index contributed by atoms with van der Waals surface area (Å²) in [5.74, 6) is -3.56. The average molecular weight is 317 g/mol. The minimum atomic E-state index is -4.53. The summed E-state index contributed by atoms with van der Waals surface area (Å²) in [4.78, 5) is 11.3. The van der Waals surface area contributed by atoms with E-state index in [1.54, 1.807) is 0 Å². The molecule has 0 radical (unpaired) electrons. The fraction of sp³-hybridized carbons (Fsp3) is 0.300. The molecule has 0 aromatic heterocycles. The Morgan fingerprint density at radius 2 is 1.82 bits per heavy atom. The highest BCUT2D eigenvalue weighted by atomic mass is 79.9. The van der Waals surface area contributed by atoms with Gasteiger partial charge in [-0.1, -0.05) is 0 Å². The third-order valence-electron chi connectivity index (χ3n) is 1.96. The van der Waals surface area contributed by atoms with Crippen LogP contribution in [0.2, 0.25) is 0 Å². The minimum Gasteiger partial charge on any atom is -0.294 e. The minimum absolute atomic E-state index is 0.172. The summed E-state index contributed by atoms with van der Waals surface area (Å²) >= 11 is 2.72. The zero-order chi connectivity index (χ0) is 13.2. The highest BCUT2D eigenvalue weighted by Gasteiger charge is 2.29. The van der Waals surface area contributed by atoms with E-state index in [2.05, 4.69) is 15.9 Å². The summed E-state index contributed by atoms with van der Waals surface area (Å²) in [5.41, 5.74) is -0.941. The van der Waals surface area contributed by atoms with Crippen molar-refractivity contribution in [3.05, 3.63) is 33.8 Å². The van der Waals surface area contributed by atoms with Crippen LogP contribution < -0.4 is 0 Å². The maximum atomic E-state index is 13.3. The largest absolute Gasteiger partial charge is 0.389 e. The van der Waals surface area contributed by atoms with Crippen molar-refractivity contribution >= 4 is 21.7 Å². The fourth-order valence-electron chi connectivity index (χ4n) is 1.16. The molecule has 0 aliphatic heterocycles. The first-order valence-electron chi connectivity index (χ1n) is 4.46. The second-order valence-electron chi connectivity index (χ2n) is 3.26. The van der Waals surface area contributed by atoms with Gasteiger partial charge in [0.2, 0.25) is 0 Å². The number of carbonyl (C=O) groups is 1. The number of halogens is 6. The molecule has 0 aliphatic rings. The summed E-state index contributed by atoms with van der Waals surface area (Å²) in [6, 6.07) is 1.85. The van der Waals surface area contributed by atoms with Gasteiger partial charge < -0.3 is 0 Å². The van der Waals surface area contributed by atoms with E-state index in [1.165, 1.54) is 0 Å². The summed E-state index contributed by atoms with van der Waals surface area (Å²) in [5, 5.41) is 0. The van der Waals surface area contributed by atoms with Gasteiger partial charge in [-0.05, 0) is 28.1 Å². The lowest BCUT2D eigenvalue weighted by atomic mass is 10.1. The molecule has 17 heavy (non-hydrogen) atoms. The Morgan fingerprint density at radius 1 is 1.24 bits per heavy atom. The number of Topliss-reactive ketones (excluding diaryl/α,β-unsaturated/α-hetero) is 1. The number of benzene rings is 1. The molecule has 0 atom stereocenters. The van der Waals surface area contributed by atoms with E-state index in [-0.39, 0.29) is 4.47 Å². The predicted octanol–water partition coefficient (Wildman–Crippen LogP) is 4.25. The number of hydrogen-bond donors (Lipinski definition) is 0. The van der Waals surface area contributed by atoms with Crippen molar-refractivity contribution < 1.29 is 26.7 Å². The van der Waals surface area contributed by atoms with Crippen molar-refractivity contribution in [1.82, 2.24) is 0 Å². The van der Waals surface area contributed by atoms with Crippen molar-refractivity contribution in [2.24, 2.45) is 0 Å². The molecule has 0 amide bonds. The van der Waals surface area contributed by atoms with Gasteiger partial charge >= 0.3 is 6.18 Å². The molecule has 1 aromatic rings. The number of alkyl halides is 3. The summed E-state index contributed by atoms with van der Waals surface area (Å²) < 4.78 is 61.9. The predicted molar refractivity (Wildman–Crippen MR) is 53.7 cm³/mol. The molecule has 94 valence electrons. The Kier molecular flexibility index (Phi) is 4.24. The van der Waals surface area contributed by atoms with E-state index in [0.29, 0.717) is 0 Å². The van der Waals surface area contributed by atoms with Crippen molar-refractivity contribution in [2.75, 3.05) is 0 Å². The molecule has 7 heteroatoms. The van der Waals surface area contributed by atoms with E-state index in [9.17, 15) is 26.7 Å². The molecule has 0 saturated carbocycles. The van der Waals surface area contributed by atoms with E-state index < -0.39 is 42.0 Å². The van der Waals surface area contributed by atoms with Crippen LogP contribution in [0.15, 0.2) is 16.6 Å². The maximum absolute atomic E-state index is 13.3. The highest BCUT2D eigenvalue weighted by molar-refractivity contribution is 9.10. The molecule has 1 nitrogen and oxygen atoms in total. The Balaban J connectivity index is 2.93. The van der Waals surface area contributed by atoms with Gasteiger partial charge in [-0.15, -0.1) is 0 Å². The van der Waals surface area contributed by atoms with Gasteiger partial charge in [-0.25, -0.2) is 8.78 Å². The third-order valence-corrected chi connectivity index (χ3v) is 2.57. The number of hydrogen-bond acceptors (Lipinski definition) is 1. The molecule has 0 saturated heterocycles. The smallest absolute Gasteiger partial charge is 0.294 e. The van der Waals surface area contributed by atoms with Gasteiger partial charge in [0, 0.05) is 6.42 Å². The fourth-order valence-corrected chi connectivity index (χ4v) is 1.49. The van der Waals surface area contributed by atoms with Gasteiger partial charge in [0.05, 0.1) is 16.5 Å². The lowest BCUT2D eigenvalue weighted by Gasteiger charge is -2.07. The van der Waals surface area contributed by atoms with Crippen LogP contribution in [0.25, 0.3) is 0 Å². The monoisotopic (exact) mass is 316 g/mol. The van der Waals surface area contributed by atoms with Crippen LogP contribution in [-0.2, 0) is 0 Å². The quantitative estimate of drug-likeness (QED) is 0.463. The SMILES string of the molecule is O=C(CCC(F)(F)F)c1c(F)ccc(Br)c1F. The van der Waals surface area contributed by atoms with Crippen molar-refractivity contribution in [1.29, 1.82) is 0 Å². The molecular weight excluding hydrogens is 311 g/mol. The zero-order valence-corrected chi connectivity index (χ0v) is 9.83. The summed E-state index contributed by atoms with van der Waals surface area (Å²) in [6.45, 7) is 0. The maximum Gasteiger partial charge on any atom is 0.389 e. The van der Waals surface area contributed by atoms with Crippen molar-refractivity contribution in [2.45, 2.75) is 19.0 Å². The molecule has 0 spiro atoms. The standard InChI is InChI=1S/C10H6BrF5O/c11-5-1-2-6(12)8(9(5)13)7(17)3-4-10(14,15)16/h1-2H,3-4H2. The molecule has 1 rings (SSSR count). The lowest BCUT2D eigenvalue weighted by Crippen LogP contribution is -2.13. The van der Waals surface area contributed by atoms with Gasteiger partial charge in [-0.3, -0.25) is 4.79 Å². The molecule has 0 unspecified atom stereocenters. The van der Waals surface area contributed by atoms with Crippen LogP contribution in [0, 0.1) is 11.6 Å². The number of ketones is 1. The first-order valence-corrected chi connectivity index (χ1v) is 5.25. The van der Waals surface area contributed by atoms with Crippen LogP contribution in [0.5, 0.6) is 0 Å². The van der Waals surface area contributed by atoms with Gasteiger partial charge in [0.25, 0.3) is 0 Å². The van der Waals surface area contributed by atoms with Crippen molar-refractivity contribution in [3.63, 3.8) is 0 Å². The summed E-state index contributed by atoms with van der Waals surface area (Å²) in [6.07, 6.45) is -6.92. The topological polar surface area (TPSA) is 17.1 Å². The van der Waals surface area contributed by atoms with E-state index in [4.69, 9.17) is 0 Å². The Labute approximate surface area is 102 Å². The average Bonchev–Trinajstić information content (AvgIpc) is 2.20. The van der Waals surface area contributed by atoms with Crippen LogP contribution >= 0.6 is 15.9 Å². The van der Waals surface area contributed by atoms with Crippen LogP contribution in [0.1, 0.15) is 23.2 Å². The molecule has 1 aromatic carbocycles. The Bertz CT molecular complexity index is 441. The first kappa shape index (κ1) is 14.1. The van der Waals surface area contributed by atoms with Crippen LogP contribution in [0.3, 0.4) is 0 Å². The van der Waals surface area contributed by atoms with Gasteiger partial charge in [-0.2, -0.15) is 13.2 Å². The van der Waals surface area contributed by atoms with Crippen molar-refractivity contribution in [3.8, 4) is 0 Å². The lowest BCUT2D eigenvalue weighted by molar-refractivity contribution is -0.133. The van der Waals surface area contributed by atoms with E-state index >= 15 is 0 Å². The second kappa shape index (κ2) is 5.12. The normalized spacial score (nSPS) is 11.6. The second-order valence-corrected chi connectivity index (χ2v) is 4.11. The summed E-state index contributed by atoms with van der Waals surface area (Å²) in [7, 11) is 0. The van der Waals surface area contributed by atoms with Gasteiger partial charge in [0.1, 0.15) is 5.82 Å². The molecule has 0 aliphatic carbocycles. The van der Waals surface area contributed by atoms with Gasteiger partial charge in [0.15, 0.2) is 11.6 Å². The van der Waals surface area contributed by atoms with Crippen LogP contribution in [0.4, 0.5) is 22.0 Å². The molecular formula is C10H6BrF5O. The van der Waals surface area contributed by atoms with E-state index in [1.807, 2.05) is 0 Å². The zero-order valence-electron chi connectivity index (χ0n) is 8.24. The molecule has 0 bridgehead atoms. The molecule has 0 N–H and O–H groups in total. The number of carbonyl (C=O) groups excluding carboxylic acids is 1. The third kappa shape index (κ3) is 3.76. The number of rotatable bonds is 3. The Morgan fingerprint density at radius 3 is 2.35 bits per heavy atom. The Hall–Kier alpha value is -0.980. The van der Waals surface area contributed by atoms with E-state index in [0.717, 1.165) is 12.1 Å². The highest BCUT2D eigenvalue weighted by Crippen LogP contribution is 2.26. The first-order chi connectivity index (χ1) is 7.72. The molecule has 0 heterocycles.